The Kier molecular flexibility index (Phi) is 5.53. The van der Waals surface area contributed by atoms with Crippen LogP contribution in [-0.2, 0) is 9.59 Å². The standard InChI is InChI=1S/C8H15NO3S/c1-5(2)3-6(8(11)12)9-7(10)4-13/h5-6,13H,3-4H2,1-2H3,(H,9,10)(H,11,12). The molecule has 0 aliphatic heterocycles. The number of hydrogen-bond donors (Lipinski definition) is 3. The van der Waals surface area contributed by atoms with Crippen LogP contribution in [0.25, 0.3) is 0 Å². The third-order valence-electron chi connectivity index (χ3n) is 1.48. The summed E-state index contributed by atoms with van der Waals surface area (Å²) in [6.07, 6.45) is 0.439. The predicted molar refractivity (Wildman–Crippen MR) is 52.9 cm³/mol. The molecule has 0 aliphatic rings. The molecule has 0 aliphatic carbocycles. The predicted octanol–water partition coefficient (Wildman–Crippen LogP) is 0.532. The van der Waals surface area contributed by atoms with Crippen molar-refractivity contribution in [3.63, 3.8) is 0 Å². The van der Waals surface area contributed by atoms with Crippen LogP contribution >= 0.6 is 12.6 Å². The maximum atomic E-state index is 10.9. The van der Waals surface area contributed by atoms with Crippen molar-refractivity contribution in [3.05, 3.63) is 0 Å². The van der Waals surface area contributed by atoms with Gasteiger partial charge in [-0.3, -0.25) is 4.79 Å². The van der Waals surface area contributed by atoms with Crippen LogP contribution in [0.1, 0.15) is 20.3 Å². The fraction of sp³-hybridized carbons (Fsp3) is 0.750. The topological polar surface area (TPSA) is 66.4 Å². The van der Waals surface area contributed by atoms with Crippen molar-refractivity contribution < 1.29 is 14.7 Å². The molecule has 0 spiro atoms. The third kappa shape index (κ3) is 5.52. The zero-order valence-corrected chi connectivity index (χ0v) is 8.67. The fourth-order valence-electron chi connectivity index (χ4n) is 0.933. The second-order valence-electron chi connectivity index (χ2n) is 3.25. The highest BCUT2D eigenvalue weighted by molar-refractivity contribution is 7.81. The van der Waals surface area contributed by atoms with Crippen LogP contribution in [0.3, 0.4) is 0 Å². The van der Waals surface area contributed by atoms with Gasteiger partial charge in [0.2, 0.25) is 5.91 Å². The second kappa shape index (κ2) is 5.85. The largest absolute Gasteiger partial charge is 0.480 e. The van der Waals surface area contributed by atoms with Gasteiger partial charge in [-0.1, -0.05) is 13.8 Å². The Morgan fingerprint density at radius 2 is 2.00 bits per heavy atom. The Balaban J connectivity index is 4.10. The summed E-state index contributed by atoms with van der Waals surface area (Å²) in [7, 11) is 0. The minimum absolute atomic E-state index is 0.0157. The number of amides is 1. The summed E-state index contributed by atoms with van der Waals surface area (Å²) in [4.78, 5) is 21.5. The van der Waals surface area contributed by atoms with E-state index in [4.69, 9.17) is 5.11 Å². The summed E-state index contributed by atoms with van der Waals surface area (Å²) in [6, 6.07) is -0.792. The van der Waals surface area contributed by atoms with Crippen molar-refractivity contribution in [2.75, 3.05) is 5.75 Å². The Morgan fingerprint density at radius 3 is 2.31 bits per heavy atom. The quantitative estimate of drug-likeness (QED) is 0.574. The molecule has 0 aromatic heterocycles. The van der Waals surface area contributed by atoms with Crippen molar-refractivity contribution in [3.8, 4) is 0 Å². The molecule has 0 bridgehead atoms. The minimum atomic E-state index is -0.996. The van der Waals surface area contributed by atoms with Gasteiger partial charge in [0.1, 0.15) is 6.04 Å². The van der Waals surface area contributed by atoms with E-state index in [1.165, 1.54) is 0 Å². The van der Waals surface area contributed by atoms with Gasteiger partial charge in [-0.2, -0.15) is 12.6 Å². The Bertz CT molecular complexity index is 194. The van der Waals surface area contributed by atoms with Gasteiger partial charge < -0.3 is 10.4 Å². The Hall–Kier alpha value is -0.710. The van der Waals surface area contributed by atoms with E-state index in [2.05, 4.69) is 17.9 Å². The number of hydrogen-bond acceptors (Lipinski definition) is 3. The van der Waals surface area contributed by atoms with Gasteiger partial charge in [-0.25, -0.2) is 4.79 Å². The van der Waals surface area contributed by atoms with Crippen LogP contribution in [0.4, 0.5) is 0 Å². The number of aliphatic carboxylic acids is 1. The van der Waals surface area contributed by atoms with Crippen molar-refractivity contribution in [1.29, 1.82) is 0 Å². The first-order chi connectivity index (χ1) is 5.97. The van der Waals surface area contributed by atoms with Crippen LogP contribution in [0.15, 0.2) is 0 Å². The van der Waals surface area contributed by atoms with E-state index in [1.54, 1.807) is 0 Å². The second-order valence-corrected chi connectivity index (χ2v) is 3.56. The molecule has 76 valence electrons. The van der Waals surface area contributed by atoms with Crippen molar-refractivity contribution >= 4 is 24.5 Å². The number of carboxylic acids is 1. The molecule has 0 fully saturated rings. The Labute approximate surface area is 83.1 Å². The molecule has 0 rings (SSSR count). The lowest BCUT2D eigenvalue weighted by molar-refractivity contribution is -0.141. The lowest BCUT2D eigenvalue weighted by Gasteiger charge is -2.15. The highest BCUT2D eigenvalue weighted by atomic mass is 32.1. The molecule has 1 amide bonds. The summed E-state index contributed by atoms with van der Waals surface area (Å²) in [5.74, 6) is -1.09. The number of carboxylic acid groups (broad SMARTS) is 1. The van der Waals surface area contributed by atoms with Crippen LogP contribution in [-0.4, -0.2) is 28.8 Å². The molecule has 1 atom stereocenters. The smallest absolute Gasteiger partial charge is 0.326 e. The number of carbonyl (C=O) groups excluding carboxylic acids is 1. The van der Waals surface area contributed by atoms with Crippen LogP contribution in [0.5, 0.6) is 0 Å². The van der Waals surface area contributed by atoms with Crippen molar-refractivity contribution in [2.45, 2.75) is 26.3 Å². The van der Waals surface area contributed by atoms with E-state index >= 15 is 0 Å². The summed E-state index contributed by atoms with van der Waals surface area (Å²) >= 11 is 3.74. The molecule has 0 radical (unpaired) electrons. The molecule has 0 heterocycles. The molecule has 4 nitrogen and oxygen atoms in total. The minimum Gasteiger partial charge on any atom is -0.480 e. The van der Waals surface area contributed by atoms with Gasteiger partial charge >= 0.3 is 5.97 Å². The zero-order valence-electron chi connectivity index (χ0n) is 7.78. The lowest BCUT2D eigenvalue weighted by Crippen LogP contribution is -2.42. The number of nitrogens with one attached hydrogen (secondary N) is 1. The maximum Gasteiger partial charge on any atom is 0.326 e. The number of carbonyl (C=O) groups is 2. The summed E-state index contributed by atoms with van der Waals surface area (Å²) in [6.45, 7) is 3.81. The molecule has 5 heteroatoms. The van der Waals surface area contributed by atoms with Gasteiger partial charge in [-0.15, -0.1) is 0 Å². The molecule has 0 saturated heterocycles. The van der Waals surface area contributed by atoms with Crippen LogP contribution in [0, 0.1) is 5.92 Å². The molecule has 13 heavy (non-hydrogen) atoms. The fourth-order valence-corrected chi connectivity index (χ4v) is 1.02. The average Bonchev–Trinajstić information content (AvgIpc) is 2.02. The summed E-state index contributed by atoms with van der Waals surface area (Å²) < 4.78 is 0. The van der Waals surface area contributed by atoms with E-state index in [-0.39, 0.29) is 17.6 Å². The van der Waals surface area contributed by atoms with Gasteiger partial charge in [0, 0.05) is 0 Å². The molecule has 0 aromatic carbocycles. The van der Waals surface area contributed by atoms with E-state index < -0.39 is 12.0 Å². The molecular formula is C8H15NO3S. The monoisotopic (exact) mass is 205 g/mol. The molecule has 0 aromatic rings. The average molecular weight is 205 g/mol. The normalized spacial score (nSPS) is 12.6. The number of thiol groups is 1. The van der Waals surface area contributed by atoms with E-state index in [0.29, 0.717) is 6.42 Å². The van der Waals surface area contributed by atoms with Gasteiger partial charge in [-0.05, 0) is 12.3 Å². The first-order valence-electron chi connectivity index (χ1n) is 4.10. The molecule has 2 N–H and O–H groups in total. The highest BCUT2D eigenvalue weighted by Gasteiger charge is 2.19. The maximum absolute atomic E-state index is 10.9. The Morgan fingerprint density at radius 1 is 1.46 bits per heavy atom. The highest BCUT2D eigenvalue weighted by Crippen LogP contribution is 2.04. The van der Waals surface area contributed by atoms with E-state index in [9.17, 15) is 9.59 Å². The zero-order chi connectivity index (χ0) is 10.4. The van der Waals surface area contributed by atoms with Crippen molar-refractivity contribution in [2.24, 2.45) is 5.92 Å². The first kappa shape index (κ1) is 12.3. The third-order valence-corrected chi connectivity index (χ3v) is 1.77. The summed E-state index contributed by atoms with van der Waals surface area (Å²) in [5, 5.41) is 11.1. The SMILES string of the molecule is CC(C)CC(NC(=O)CS)C(=O)O. The van der Waals surface area contributed by atoms with Crippen molar-refractivity contribution in [1.82, 2.24) is 5.32 Å². The van der Waals surface area contributed by atoms with E-state index in [1.807, 2.05) is 13.8 Å². The van der Waals surface area contributed by atoms with Gasteiger partial charge in [0.05, 0.1) is 5.75 Å². The van der Waals surface area contributed by atoms with Gasteiger partial charge in [0.15, 0.2) is 0 Å². The van der Waals surface area contributed by atoms with Gasteiger partial charge in [0.25, 0.3) is 0 Å². The van der Waals surface area contributed by atoms with Crippen LogP contribution in [0.2, 0.25) is 0 Å². The molecule has 1 unspecified atom stereocenters. The number of rotatable bonds is 5. The first-order valence-corrected chi connectivity index (χ1v) is 4.73. The van der Waals surface area contributed by atoms with E-state index in [0.717, 1.165) is 0 Å². The van der Waals surface area contributed by atoms with Crippen LogP contribution < -0.4 is 5.32 Å². The molecule has 0 saturated carbocycles. The summed E-state index contributed by atoms with van der Waals surface area (Å²) in [5.41, 5.74) is 0. The molecular weight excluding hydrogens is 190 g/mol. The lowest BCUT2D eigenvalue weighted by atomic mass is 10.0.